The van der Waals surface area contributed by atoms with E-state index < -0.39 is 12.5 Å². The van der Waals surface area contributed by atoms with E-state index in [0.29, 0.717) is 27.3 Å². The summed E-state index contributed by atoms with van der Waals surface area (Å²) < 4.78 is 37.2. The Morgan fingerprint density at radius 1 is 1.32 bits per heavy atom. The number of nitrogens with one attached hydrogen (secondary N) is 1. The van der Waals surface area contributed by atoms with E-state index in [1.54, 1.807) is 39.2 Å². The van der Waals surface area contributed by atoms with Gasteiger partial charge in [-0.1, -0.05) is 0 Å². The number of nitrogens with zero attached hydrogens (tertiary/aromatic N) is 2. The second-order valence-corrected chi connectivity index (χ2v) is 5.64. The number of benzene rings is 1. The zero-order chi connectivity index (χ0) is 18.3. The maximum Gasteiger partial charge on any atom is 0.333 e. The summed E-state index contributed by atoms with van der Waals surface area (Å²) in [6.07, 6.45) is 0. The summed E-state index contributed by atoms with van der Waals surface area (Å²) in [6.45, 7) is 2.00. The van der Waals surface area contributed by atoms with Gasteiger partial charge in [0.15, 0.2) is 5.76 Å². The van der Waals surface area contributed by atoms with E-state index in [1.165, 1.54) is 6.92 Å². The van der Waals surface area contributed by atoms with Gasteiger partial charge in [0.25, 0.3) is 5.91 Å². The molecule has 0 aliphatic rings. The van der Waals surface area contributed by atoms with Crippen LogP contribution in [0, 0.1) is 20.8 Å². The first-order valence-corrected chi connectivity index (χ1v) is 7.55. The molecule has 2 aromatic heterocycles. The number of aromatic nitrogens is 2. The van der Waals surface area contributed by atoms with Crippen molar-refractivity contribution in [3.8, 4) is 5.75 Å². The van der Waals surface area contributed by atoms with E-state index in [9.17, 15) is 13.6 Å². The lowest BCUT2D eigenvalue weighted by Crippen LogP contribution is -2.13. The third-order valence-corrected chi connectivity index (χ3v) is 4.10. The molecule has 3 rings (SSSR count). The summed E-state index contributed by atoms with van der Waals surface area (Å²) in [6, 6.07) is 5.22. The van der Waals surface area contributed by atoms with Gasteiger partial charge in [0.05, 0.1) is 24.2 Å². The number of amides is 1. The summed E-state index contributed by atoms with van der Waals surface area (Å²) in [5, 5.41) is 7.12. The van der Waals surface area contributed by atoms with Gasteiger partial charge in [0, 0.05) is 10.9 Å². The Kier molecular flexibility index (Phi) is 4.20. The Bertz CT molecular complexity index is 960. The van der Waals surface area contributed by atoms with Crippen LogP contribution in [0.4, 0.5) is 14.5 Å². The van der Waals surface area contributed by atoms with E-state index in [4.69, 9.17) is 9.15 Å². The minimum atomic E-state index is -2.77. The van der Waals surface area contributed by atoms with Gasteiger partial charge in [-0.05, 0) is 39.0 Å². The van der Waals surface area contributed by atoms with Crippen molar-refractivity contribution in [2.75, 3.05) is 12.4 Å². The third-order valence-electron chi connectivity index (χ3n) is 4.10. The first-order valence-electron chi connectivity index (χ1n) is 7.55. The first kappa shape index (κ1) is 16.9. The minimum Gasteiger partial charge on any atom is -0.497 e. The van der Waals surface area contributed by atoms with Gasteiger partial charge < -0.3 is 14.5 Å². The molecule has 6 nitrogen and oxygen atoms in total. The molecule has 0 aliphatic carbocycles. The first-order chi connectivity index (χ1) is 11.8. The molecule has 2 heterocycles. The normalized spacial score (nSPS) is 11.3. The van der Waals surface area contributed by atoms with Crippen LogP contribution in [-0.4, -0.2) is 22.8 Å². The van der Waals surface area contributed by atoms with Crippen LogP contribution in [0.5, 0.6) is 5.75 Å². The number of aryl methyl sites for hydroxylation is 2. The predicted octanol–water partition coefficient (Wildman–Crippen LogP) is 4.21. The molecule has 0 saturated carbocycles. The summed E-state index contributed by atoms with van der Waals surface area (Å²) in [5.41, 5.74) is 1.92. The van der Waals surface area contributed by atoms with Crippen molar-refractivity contribution in [2.24, 2.45) is 0 Å². The van der Waals surface area contributed by atoms with Crippen molar-refractivity contribution < 1.29 is 22.7 Å². The number of carbonyl (C=O) groups excluding carboxylic acids is 1. The number of hydrogen-bond acceptors (Lipinski definition) is 4. The standard InChI is InChI=1S/C17H17F2N3O3/c1-8-12-7-11(24-4)5-6-13(12)25-15(8)16(23)20-14-9(2)21-22(10(14)3)17(18)19/h5-7,17H,1-4H3,(H,20,23). The molecule has 0 fully saturated rings. The van der Waals surface area contributed by atoms with Crippen molar-refractivity contribution in [1.29, 1.82) is 0 Å². The second kappa shape index (κ2) is 6.19. The number of hydrogen-bond donors (Lipinski definition) is 1. The zero-order valence-corrected chi connectivity index (χ0v) is 14.2. The van der Waals surface area contributed by atoms with Gasteiger partial charge in [-0.3, -0.25) is 4.79 Å². The van der Waals surface area contributed by atoms with Gasteiger partial charge in [0.1, 0.15) is 11.3 Å². The Balaban J connectivity index is 1.97. The summed E-state index contributed by atoms with van der Waals surface area (Å²) in [4.78, 5) is 12.6. The average Bonchev–Trinajstić information content (AvgIpc) is 3.06. The number of anilines is 1. The quantitative estimate of drug-likeness (QED) is 0.766. The van der Waals surface area contributed by atoms with Gasteiger partial charge >= 0.3 is 6.55 Å². The molecule has 1 amide bonds. The highest BCUT2D eigenvalue weighted by Crippen LogP contribution is 2.30. The third kappa shape index (κ3) is 2.84. The zero-order valence-electron chi connectivity index (χ0n) is 14.2. The molecule has 0 saturated heterocycles. The number of ether oxygens (including phenoxy) is 1. The van der Waals surface area contributed by atoms with Gasteiger partial charge in [-0.2, -0.15) is 13.9 Å². The lowest BCUT2D eigenvalue weighted by Gasteiger charge is -2.05. The van der Waals surface area contributed by atoms with Gasteiger partial charge in [-0.25, -0.2) is 4.68 Å². The van der Waals surface area contributed by atoms with Crippen LogP contribution in [-0.2, 0) is 0 Å². The molecule has 8 heteroatoms. The smallest absolute Gasteiger partial charge is 0.333 e. The summed E-state index contributed by atoms with van der Waals surface area (Å²) in [5.74, 6) is 0.243. The molecule has 0 spiro atoms. The highest BCUT2D eigenvalue weighted by atomic mass is 19.3. The molecule has 25 heavy (non-hydrogen) atoms. The number of methoxy groups -OCH3 is 1. The topological polar surface area (TPSA) is 69.3 Å². The molecule has 3 aromatic rings. The average molecular weight is 349 g/mol. The molecular weight excluding hydrogens is 332 g/mol. The van der Waals surface area contributed by atoms with E-state index in [1.807, 2.05) is 0 Å². The predicted molar refractivity (Wildman–Crippen MR) is 88.4 cm³/mol. The van der Waals surface area contributed by atoms with Crippen LogP contribution >= 0.6 is 0 Å². The molecule has 0 unspecified atom stereocenters. The van der Waals surface area contributed by atoms with Crippen LogP contribution in [0.1, 0.15) is 34.1 Å². The van der Waals surface area contributed by atoms with Gasteiger partial charge in [-0.15, -0.1) is 0 Å². The molecule has 132 valence electrons. The molecule has 0 radical (unpaired) electrons. The van der Waals surface area contributed by atoms with Crippen molar-refractivity contribution in [3.05, 3.63) is 40.9 Å². The molecule has 0 aliphatic heterocycles. The largest absolute Gasteiger partial charge is 0.497 e. The summed E-state index contributed by atoms with van der Waals surface area (Å²) in [7, 11) is 1.55. The lowest BCUT2D eigenvalue weighted by atomic mass is 10.1. The number of furan rings is 1. The Morgan fingerprint density at radius 3 is 2.64 bits per heavy atom. The van der Waals surface area contributed by atoms with E-state index >= 15 is 0 Å². The molecule has 0 atom stereocenters. The van der Waals surface area contributed by atoms with Crippen LogP contribution < -0.4 is 10.1 Å². The highest BCUT2D eigenvalue weighted by Gasteiger charge is 2.23. The van der Waals surface area contributed by atoms with E-state index in [-0.39, 0.29) is 17.1 Å². The maximum absolute atomic E-state index is 12.9. The monoisotopic (exact) mass is 349 g/mol. The number of halogens is 2. The van der Waals surface area contributed by atoms with Crippen molar-refractivity contribution in [2.45, 2.75) is 27.3 Å². The highest BCUT2D eigenvalue weighted by molar-refractivity contribution is 6.07. The molecular formula is C17H17F2N3O3. The van der Waals surface area contributed by atoms with Crippen LogP contribution in [0.2, 0.25) is 0 Å². The van der Waals surface area contributed by atoms with Crippen molar-refractivity contribution in [3.63, 3.8) is 0 Å². The van der Waals surface area contributed by atoms with E-state index in [0.717, 1.165) is 5.39 Å². The molecule has 0 bridgehead atoms. The molecule has 1 N–H and O–H groups in total. The number of alkyl halides is 2. The number of fused-ring (bicyclic) bond motifs is 1. The van der Waals surface area contributed by atoms with Crippen LogP contribution in [0.3, 0.4) is 0 Å². The number of carbonyl (C=O) groups is 1. The Labute approximate surface area is 142 Å². The fraction of sp³-hybridized carbons (Fsp3) is 0.294. The fourth-order valence-electron chi connectivity index (χ4n) is 2.75. The van der Waals surface area contributed by atoms with Gasteiger partial charge in [0.2, 0.25) is 0 Å². The number of rotatable bonds is 4. The SMILES string of the molecule is COc1ccc2oc(C(=O)Nc3c(C)nn(C(F)F)c3C)c(C)c2c1. The second-order valence-electron chi connectivity index (χ2n) is 5.64. The molecule has 1 aromatic carbocycles. The minimum absolute atomic E-state index is 0.117. The van der Waals surface area contributed by atoms with E-state index in [2.05, 4.69) is 10.4 Å². The van der Waals surface area contributed by atoms with Crippen molar-refractivity contribution in [1.82, 2.24) is 9.78 Å². The Hall–Kier alpha value is -2.90. The summed E-state index contributed by atoms with van der Waals surface area (Å²) >= 11 is 0. The van der Waals surface area contributed by atoms with Crippen LogP contribution in [0.15, 0.2) is 22.6 Å². The van der Waals surface area contributed by atoms with Crippen molar-refractivity contribution >= 4 is 22.6 Å². The Morgan fingerprint density at radius 2 is 2.04 bits per heavy atom. The lowest BCUT2D eigenvalue weighted by molar-refractivity contribution is 0.0541. The maximum atomic E-state index is 12.9. The fourth-order valence-corrected chi connectivity index (χ4v) is 2.75. The van der Waals surface area contributed by atoms with Crippen LogP contribution in [0.25, 0.3) is 11.0 Å².